The first kappa shape index (κ1) is 30.7. The number of benzene rings is 4. The summed E-state index contributed by atoms with van der Waals surface area (Å²) < 4.78 is 34.7. The first-order valence-corrected chi connectivity index (χ1v) is 16.9. The van der Waals surface area contributed by atoms with Crippen molar-refractivity contribution in [2.75, 3.05) is 9.80 Å². The zero-order valence-corrected chi connectivity index (χ0v) is 27.4. The molecule has 0 saturated heterocycles. The van der Waals surface area contributed by atoms with E-state index in [4.69, 9.17) is 27.6 Å². The predicted molar refractivity (Wildman–Crippen MR) is 180 cm³/mol. The lowest BCUT2D eigenvalue weighted by molar-refractivity contribution is -0.121. The van der Waals surface area contributed by atoms with Crippen LogP contribution in [0.4, 0.5) is 19.6 Å². The number of aromatic nitrogens is 2. The molecular formula is C34H18Cl2F2N4O4S2. The third kappa shape index (κ3) is 4.66. The van der Waals surface area contributed by atoms with Gasteiger partial charge in [-0.3, -0.25) is 19.3 Å². The van der Waals surface area contributed by atoms with Gasteiger partial charge in [0.1, 0.15) is 17.2 Å². The lowest BCUT2D eigenvalue weighted by Gasteiger charge is -2.32. The average Bonchev–Trinajstić information content (AvgIpc) is 3.71. The van der Waals surface area contributed by atoms with E-state index < -0.39 is 34.4 Å². The number of carbonyl (C=O) groups excluding carboxylic acids is 2. The van der Waals surface area contributed by atoms with Gasteiger partial charge in [-0.1, -0.05) is 82.7 Å². The molecule has 2 aliphatic heterocycles. The molecule has 2 amide bonds. The van der Waals surface area contributed by atoms with Crippen LogP contribution in [0.1, 0.15) is 32.8 Å². The molecule has 8 nitrogen and oxygen atoms in total. The number of hydrogen-bond donors (Lipinski definition) is 0. The first-order chi connectivity index (χ1) is 23.2. The van der Waals surface area contributed by atoms with Gasteiger partial charge >= 0.3 is 0 Å². The molecule has 0 fully saturated rings. The number of carbonyl (C=O) groups is 2. The standard InChI is InChI=1S/C34H18Cl2F2N4O4S2/c35-19-8-7-18(24(36)13-19)16-47-33-40-39-32(48-33)42-30(44)29-27(28(43)22-14-21(38)11-12-26(22)46-29)34(42)23-3-1-2-4-25(23)41(31(34)45)15-17-5-9-20(37)10-6-17/h1-14H,15-16H2. The van der Waals surface area contributed by atoms with Gasteiger partial charge in [-0.2, -0.15) is 0 Å². The molecule has 4 heterocycles. The van der Waals surface area contributed by atoms with E-state index in [2.05, 4.69) is 10.2 Å². The molecule has 14 heteroatoms. The van der Waals surface area contributed by atoms with Gasteiger partial charge in [0.05, 0.1) is 23.2 Å². The molecule has 6 aromatic rings. The van der Waals surface area contributed by atoms with Crippen LogP contribution < -0.4 is 15.2 Å². The molecule has 4 aromatic carbocycles. The summed E-state index contributed by atoms with van der Waals surface area (Å²) in [5.41, 5.74) is -0.903. The number of anilines is 2. The second kappa shape index (κ2) is 11.5. The minimum atomic E-state index is -2.06. The molecule has 0 bridgehead atoms. The van der Waals surface area contributed by atoms with Gasteiger partial charge in [0, 0.05) is 21.4 Å². The third-order valence-corrected chi connectivity index (χ3v) is 11.0. The van der Waals surface area contributed by atoms with E-state index in [1.807, 2.05) is 0 Å². The van der Waals surface area contributed by atoms with Crippen LogP contribution in [0, 0.1) is 11.6 Å². The Morgan fingerprint density at radius 2 is 1.67 bits per heavy atom. The summed E-state index contributed by atoms with van der Waals surface area (Å²) in [7, 11) is 0. The highest BCUT2D eigenvalue weighted by atomic mass is 35.5. The fraction of sp³-hybridized carbons (Fsp3) is 0.0882. The topological polar surface area (TPSA) is 96.6 Å². The Labute approximate surface area is 288 Å². The van der Waals surface area contributed by atoms with Crippen molar-refractivity contribution < 1.29 is 22.8 Å². The number of fused-ring (bicyclic) bond motifs is 5. The van der Waals surface area contributed by atoms with Crippen molar-refractivity contribution >= 4 is 79.9 Å². The molecular weight excluding hydrogens is 701 g/mol. The van der Waals surface area contributed by atoms with Gasteiger partial charge in [0.25, 0.3) is 11.8 Å². The van der Waals surface area contributed by atoms with Crippen molar-refractivity contribution in [3.05, 3.63) is 145 Å². The van der Waals surface area contributed by atoms with Gasteiger partial charge in [0.2, 0.25) is 10.9 Å². The van der Waals surface area contributed by atoms with E-state index in [0.717, 1.165) is 33.9 Å². The van der Waals surface area contributed by atoms with Crippen LogP contribution in [-0.2, 0) is 22.6 Å². The Kier molecular flexibility index (Phi) is 7.37. The number of halogens is 4. The smallest absolute Gasteiger partial charge is 0.297 e. The zero-order chi connectivity index (χ0) is 33.3. The van der Waals surface area contributed by atoms with E-state index >= 15 is 4.79 Å². The highest BCUT2D eigenvalue weighted by molar-refractivity contribution is 8.00. The first-order valence-electron chi connectivity index (χ1n) is 14.3. The van der Waals surface area contributed by atoms with Crippen LogP contribution in [0.5, 0.6) is 0 Å². The van der Waals surface area contributed by atoms with E-state index in [1.165, 1.54) is 34.9 Å². The van der Waals surface area contributed by atoms with Gasteiger partial charge in [0.15, 0.2) is 15.3 Å². The van der Waals surface area contributed by atoms with Crippen molar-refractivity contribution in [3.63, 3.8) is 0 Å². The maximum Gasteiger partial charge on any atom is 0.297 e. The normalized spacial score (nSPS) is 16.8. The highest BCUT2D eigenvalue weighted by Gasteiger charge is 2.66. The van der Waals surface area contributed by atoms with Crippen LogP contribution in [-0.4, -0.2) is 22.0 Å². The number of nitrogens with zero attached hydrogens (tertiary/aromatic N) is 4. The fourth-order valence-corrected chi connectivity index (χ4v) is 8.64. The molecule has 8 rings (SSSR count). The Bertz CT molecular complexity index is 2390. The molecule has 48 heavy (non-hydrogen) atoms. The van der Waals surface area contributed by atoms with Crippen LogP contribution in [0.25, 0.3) is 11.0 Å². The molecule has 0 aliphatic carbocycles. The molecule has 1 spiro atoms. The minimum Gasteiger partial charge on any atom is -0.450 e. The minimum absolute atomic E-state index is 0.00184. The number of rotatable bonds is 6. The Morgan fingerprint density at radius 3 is 2.46 bits per heavy atom. The highest BCUT2D eigenvalue weighted by Crippen LogP contribution is 2.55. The summed E-state index contributed by atoms with van der Waals surface area (Å²) in [4.78, 5) is 46.4. The average molecular weight is 720 g/mol. The van der Waals surface area contributed by atoms with E-state index in [9.17, 15) is 18.4 Å². The monoisotopic (exact) mass is 718 g/mol. The predicted octanol–water partition coefficient (Wildman–Crippen LogP) is 7.97. The van der Waals surface area contributed by atoms with Crippen molar-refractivity contribution in [2.24, 2.45) is 0 Å². The largest absolute Gasteiger partial charge is 0.450 e. The Morgan fingerprint density at radius 1 is 0.896 bits per heavy atom. The van der Waals surface area contributed by atoms with Gasteiger partial charge in [-0.25, -0.2) is 8.78 Å². The second-order valence-electron chi connectivity index (χ2n) is 11.0. The quantitative estimate of drug-likeness (QED) is 0.127. The number of hydrogen-bond acceptors (Lipinski definition) is 8. The van der Waals surface area contributed by atoms with E-state index in [0.29, 0.717) is 37.0 Å². The van der Waals surface area contributed by atoms with E-state index in [-0.39, 0.29) is 34.0 Å². The molecule has 238 valence electrons. The summed E-state index contributed by atoms with van der Waals surface area (Å²) in [5, 5.41) is 9.50. The molecule has 2 aliphatic rings. The SMILES string of the molecule is O=C1c2oc3ccc(F)cc3c(=O)c2C2(C(=O)N(Cc3ccc(F)cc3)c3ccccc32)N1c1nnc(SCc2ccc(Cl)cc2Cl)s1. The molecule has 0 radical (unpaired) electrons. The van der Waals surface area contributed by atoms with Gasteiger partial charge in [-0.05, 0) is 59.7 Å². The Hall–Kier alpha value is -4.62. The van der Waals surface area contributed by atoms with Crippen LogP contribution >= 0.6 is 46.3 Å². The fourth-order valence-electron chi connectivity index (χ4n) is 6.19. The summed E-state index contributed by atoms with van der Waals surface area (Å²) in [6.45, 7) is 0.00184. The van der Waals surface area contributed by atoms with Crippen LogP contribution in [0.3, 0.4) is 0 Å². The van der Waals surface area contributed by atoms with Gasteiger partial charge in [-0.15, -0.1) is 10.2 Å². The van der Waals surface area contributed by atoms with Crippen molar-refractivity contribution in [1.82, 2.24) is 10.2 Å². The maximum atomic E-state index is 15.0. The number of thioether (sulfide) groups is 1. The lowest BCUT2D eigenvalue weighted by atomic mass is 9.84. The molecule has 1 unspecified atom stereocenters. The molecule has 1 atom stereocenters. The summed E-state index contributed by atoms with van der Waals surface area (Å²) in [5.74, 6) is -2.50. The number of amides is 2. The molecule has 2 aromatic heterocycles. The summed E-state index contributed by atoms with van der Waals surface area (Å²) in [6.07, 6.45) is 0. The van der Waals surface area contributed by atoms with Gasteiger partial charge < -0.3 is 9.32 Å². The van der Waals surface area contributed by atoms with Crippen molar-refractivity contribution in [2.45, 2.75) is 22.2 Å². The summed E-state index contributed by atoms with van der Waals surface area (Å²) >= 11 is 14.8. The Balaban J connectivity index is 1.31. The summed E-state index contributed by atoms with van der Waals surface area (Å²) in [6, 6.07) is 21.0. The lowest BCUT2D eigenvalue weighted by Crippen LogP contribution is -2.53. The van der Waals surface area contributed by atoms with E-state index in [1.54, 1.807) is 54.6 Å². The maximum absolute atomic E-state index is 15.0. The molecule has 0 N–H and O–H groups in total. The second-order valence-corrected chi connectivity index (χ2v) is 14.1. The number of para-hydroxylation sites is 1. The zero-order valence-electron chi connectivity index (χ0n) is 24.2. The third-order valence-electron chi connectivity index (χ3n) is 8.29. The molecule has 0 saturated carbocycles. The van der Waals surface area contributed by atoms with Crippen LogP contribution in [0.2, 0.25) is 10.0 Å². The van der Waals surface area contributed by atoms with Crippen molar-refractivity contribution in [3.8, 4) is 0 Å². The van der Waals surface area contributed by atoms with Crippen molar-refractivity contribution in [1.29, 1.82) is 0 Å². The van der Waals surface area contributed by atoms with Crippen LogP contribution in [0.15, 0.2) is 98.5 Å².